The van der Waals surface area contributed by atoms with Gasteiger partial charge in [0.2, 0.25) is 11.7 Å². The molecule has 0 bridgehead atoms. The summed E-state index contributed by atoms with van der Waals surface area (Å²) in [7, 11) is 1.91. The number of likely N-dealkylation sites (N-methyl/N-ethyl adjacent to an activating group) is 1. The lowest BCUT2D eigenvalue weighted by atomic mass is 9.76. The van der Waals surface area contributed by atoms with Crippen LogP contribution in [0.3, 0.4) is 0 Å². The summed E-state index contributed by atoms with van der Waals surface area (Å²) in [6.45, 7) is 3.31. The Morgan fingerprint density at radius 2 is 2.24 bits per heavy atom. The Morgan fingerprint density at radius 1 is 1.44 bits per heavy atom. The largest absolute Gasteiger partial charge is 0.480 e. The van der Waals surface area contributed by atoms with Gasteiger partial charge in [-0.2, -0.15) is 4.98 Å². The molecule has 25 heavy (non-hydrogen) atoms. The predicted octanol–water partition coefficient (Wildman–Crippen LogP) is 1.70. The first kappa shape index (κ1) is 16.3. The maximum Gasteiger partial charge on any atom is 0.320 e. The van der Waals surface area contributed by atoms with E-state index >= 15 is 0 Å². The third-order valence-corrected chi connectivity index (χ3v) is 5.51. The van der Waals surface area contributed by atoms with Crippen molar-refractivity contribution in [2.24, 2.45) is 5.41 Å². The van der Waals surface area contributed by atoms with Crippen LogP contribution >= 0.6 is 0 Å². The lowest BCUT2D eigenvalue weighted by molar-refractivity contribution is -0.141. The summed E-state index contributed by atoms with van der Waals surface area (Å²) in [5, 5.41) is 13.3. The number of hydrogen-bond acceptors (Lipinski definition) is 7. The molecule has 0 amide bonds. The summed E-state index contributed by atoms with van der Waals surface area (Å²) >= 11 is 0. The van der Waals surface area contributed by atoms with E-state index in [0.29, 0.717) is 24.0 Å². The van der Waals surface area contributed by atoms with Gasteiger partial charge >= 0.3 is 5.97 Å². The molecule has 2 saturated heterocycles. The van der Waals surface area contributed by atoms with E-state index < -0.39 is 5.97 Å². The van der Waals surface area contributed by atoms with E-state index in [2.05, 4.69) is 15.0 Å². The van der Waals surface area contributed by atoms with E-state index in [1.165, 1.54) is 0 Å². The van der Waals surface area contributed by atoms with Crippen molar-refractivity contribution < 1.29 is 18.8 Å². The van der Waals surface area contributed by atoms with Crippen molar-refractivity contribution in [2.75, 3.05) is 26.7 Å². The van der Waals surface area contributed by atoms with Gasteiger partial charge in [0.25, 0.3) is 0 Å². The highest BCUT2D eigenvalue weighted by atomic mass is 16.5. The number of carbonyl (C=O) groups is 1. The number of aromatic nitrogens is 2. The Labute approximate surface area is 145 Å². The molecule has 2 aliphatic heterocycles. The fourth-order valence-corrected chi connectivity index (χ4v) is 4.11. The van der Waals surface area contributed by atoms with Crippen molar-refractivity contribution in [1.29, 1.82) is 0 Å². The van der Waals surface area contributed by atoms with Gasteiger partial charge in [0.1, 0.15) is 6.04 Å². The third kappa shape index (κ3) is 3.19. The zero-order valence-electron chi connectivity index (χ0n) is 14.2. The van der Waals surface area contributed by atoms with Gasteiger partial charge in [0, 0.05) is 6.54 Å². The maximum absolute atomic E-state index is 11.4. The molecule has 0 aromatic carbocycles. The standard InChI is InChI=1S/C17H22N4O4/c1-20-11-17(9-12(20)16(22)23)4-6-21(7-5-17)10-14-18-15(19-25-14)13-3-2-8-24-13/h2-3,8,12H,4-7,9-11H2,1H3,(H,22,23). The first-order valence-electron chi connectivity index (χ1n) is 8.57. The van der Waals surface area contributed by atoms with Gasteiger partial charge in [-0.1, -0.05) is 5.16 Å². The Hall–Kier alpha value is -2.19. The van der Waals surface area contributed by atoms with Crippen molar-refractivity contribution in [1.82, 2.24) is 19.9 Å². The number of likely N-dealkylation sites (tertiary alicyclic amines) is 2. The molecule has 134 valence electrons. The highest BCUT2D eigenvalue weighted by molar-refractivity contribution is 5.74. The molecule has 1 spiro atoms. The molecular weight excluding hydrogens is 324 g/mol. The summed E-state index contributed by atoms with van der Waals surface area (Å²) in [5.74, 6) is 0.934. The van der Waals surface area contributed by atoms with E-state index in [0.717, 1.165) is 38.9 Å². The molecule has 1 N–H and O–H groups in total. The van der Waals surface area contributed by atoms with Crippen LogP contribution in [0.5, 0.6) is 0 Å². The summed E-state index contributed by atoms with van der Waals surface area (Å²) in [4.78, 5) is 20.0. The number of piperidine rings is 1. The molecule has 4 rings (SSSR count). The van der Waals surface area contributed by atoms with Crippen LogP contribution in [0.25, 0.3) is 11.6 Å². The number of carboxylic acids is 1. The van der Waals surface area contributed by atoms with Crippen LogP contribution in [0.2, 0.25) is 0 Å². The Bertz CT molecular complexity index is 734. The first-order chi connectivity index (χ1) is 12.0. The summed E-state index contributed by atoms with van der Waals surface area (Å²) in [5.41, 5.74) is 0.127. The highest BCUT2D eigenvalue weighted by Crippen LogP contribution is 2.43. The lowest BCUT2D eigenvalue weighted by Crippen LogP contribution is -2.40. The monoisotopic (exact) mass is 346 g/mol. The molecule has 0 saturated carbocycles. The molecule has 4 heterocycles. The zero-order valence-corrected chi connectivity index (χ0v) is 14.2. The predicted molar refractivity (Wildman–Crippen MR) is 87.6 cm³/mol. The zero-order chi connectivity index (χ0) is 17.4. The molecule has 1 unspecified atom stereocenters. The molecule has 0 aliphatic carbocycles. The second-order valence-corrected chi connectivity index (χ2v) is 7.24. The SMILES string of the molecule is CN1CC2(CCN(Cc3nc(-c4ccco4)no3)CC2)CC1C(=O)O. The number of hydrogen-bond donors (Lipinski definition) is 1. The van der Waals surface area contributed by atoms with Crippen LogP contribution in [0, 0.1) is 5.41 Å². The van der Waals surface area contributed by atoms with Gasteiger partial charge in [-0.15, -0.1) is 0 Å². The maximum atomic E-state index is 11.4. The van der Waals surface area contributed by atoms with Gasteiger partial charge in [-0.25, -0.2) is 0 Å². The third-order valence-electron chi connectivity index (χ3n) is 5.51. The van der Waals surface area contributed by atoms with Crippen molar-refractivity contribution in [3.8, 4) is 11.6 Å². The van der Waals surface area contributed by atoms with Crippen molar-refractivity contribution >= 4 is 5.97 Å². The minimum Gasteiger partial charge on any atom is -0.480 e. The fourth-order valence-electron chi connectivity index (χ4n) is 4.11. The fraction of sp³-hybridized carbons (Fsp3) is 0.588. The minimum absolute atomic E-state index is 0.127. The van der Waals surface area contributed by atoms with Gasteiger partial charge in [0.05, 0.1) is 12.8 Å². The van der Waals surface area contributed by atoms with Gasteiger partial charge in [-0.05, 0) is 56.9 Å². The quantitative estimate of drug-likeness (QED) is 0.894. The topological polar surface area (TPSA) is 95.8 Å². The molecular formula is C17H22N4O4. The van der Waals surface area contributed by atoms with Gasteiger partial charge in [0.15, 0.2) is 5.76 Å². The van der Waals surface area contributed by atoms with E-state index in [1.54, 1.807) is 18.4 Å². The number of carboxylic acid groups (broad SMARTS) is 1. The Kier molecular flexibility index (Phi) is 4.09. The second kappa shape index (κ2) is 6.27. The van der Waals surface area contributed by atoms with Crippen molar-refractivity contribution in [3.63, 3.8) is 0 Å². The van der Waals surface area contributed by atoms with Crippen molar-refractivity contribution in [3.05, 3.63) is 24.3 Å². The number of aliphatic carboxylic acids is 1. The lowest BCUT2D eigenvalue weighted by Gasteiger charge is -2.38. The smallest absolute Gasteiger partial charge is 0.320 e. The summed E-state index contributed by atoms with van der Waals surface area (Å²) in [6, 6.07) is 3.24. The number of nitrogens with zero attached hydrogens (tertiary/aromatic N) is 4. The molecule has 1 atom stereocenters. The average Bonchev–Trinajstić information content (AvgIpc) is 3.30. The average molecular weight is 346 g/mol. The Balaban J connectivity index is 1.35. The summed E-state index contributed by atoms with van der Waals surface area (Å²) < 4.78 is 10.6. The Morgan fingerprint density at radius 3 is 2.88 bits per heavy atom. The molecule has 8 heteroatoms. The minimum atomic E-state index is -0.710. The second-order valence-electron chi connectivity index (χ2n) is 7.24. The van der Waals surface area contributed by atoms with E-state index in [4.69, 9.17) is 8.94 Å². The van der Waals surface area contributed by atoms with Crippen LogP contribution in [0.4, 0.5) is 0 Å². The molecule has 2 aromatic rings. The van der Waals surface area contributed by atoms with Crippen LogP contribution in [0.15, 0.2) is 27.3 Å². The van der Waals surface area contributed by atoms with Gasteiger partial charge < -0.3 is 14.0 Å². The first-order valence-corrected chi connectivity index (χ1v) is 8.57. The molecule has 0 radical (unpaired) electrons. The van der Waals surface area contributed by atoms with Crippen LogP contribution in [-0.2, 0) is 11.3 Å². The molecule has 2 aliphatic rings. The van der Waals surface area contributed by atoms with E-state index in [1.807, 2.05) is 11.9 Å². The molecule has 8 nitrogen and oxygen atoms in total. The summed E-state index contributed by atoms with van der Waals surface area (Å²) in [6.07, 6.45) is 4.33. The van der Waals surface area contributed by atoms with Gasteiger partial charge in [-0.3, -0.25) is 14.6 Å². The van der Waals surface area contributed by atoms with Crippen LogP contribution in [-0.4, -0.2) is 63.7 Å². The van der Waals surface area contributed by atoms with Crippen LogP contribution in [0.1, 0.15) is 25.2 Å². The van der Waals surface area contributed by atoms with Crippen LogP contribution < -0.4 is 0 Å². The number of rotatable bonds is 4. The molecule has 2 fully saturated rings. The molecule has 2 aromatic heterocycles. The van der Waals surface area contributed by atoms with E-state index in [-0.39, 0.29) is 11.5 Å². The van der Waals surface area contributed by atoms with Crippen molar-refractivity contribution in [2.45, 2.75) is 31.8 Å². The van der Waals surface area contributed by atoms with E-state index in [9.17, 15) is 9.90 Å². The highest BCUT2D eigenvalue weighted by Gasteiger charge is 2.46. The normalized spacial score (nSPS) is 24.1. The number of furan rings is 1.